The quantitative estimate of drug-likeness (QED) is 0.425. The largest absolute Gasteiger partial charge is 1.00 e. The standard InChI is InChI=1S/C22H21N3O3.ClH/c1-27-20-9-5-8-16(21(20)28-14-15-6-3-2-4-7-15)13-23-17-10-11-18-19(12-17)25-22(26)24-18;/h2-12,23H,13-14H2,1H3,(H2,24,25,26);1H/p-1. The molecular weight excluding hydrogens is 390 g/mol. The first-order chi connectivity index (χ1) is 13.7. The van der Waals surface area contributed by atoms with Gasteiger partial charge in [-0.15, -0.1) is 0 Å². The van der Waals surface area contributed by atoms with E-state index in [1.807, 2.05) is 66.7 Å². The van der Waals surface area contributed by atoms with Crippen LogP contribution in [0.1, 0.15) is 11.1 Å². The van der Waals surface area contributed by atoms with Gasteiger partial charge in [0.1, 0.15) is 6.61 Å². The van der Waals surface area contributed by atoms with Crippen molar-refractivity contribution in [2.45, 2.75) is 13.2 Å². The lowest BCUT2D eigenvalue weighted by molar-refractivity contribution is -0.00000629. The lowest BCUT2D eigenvalue weighted by Gasteiger charge is -2.16. The van der Waals surface area contributed by atoms with Gasteiger partial charge < -0.3 is 37.2 Å². The molecule has 6 nitrogen and oxygen atoms in total. The zero-order chi connectivity index (χ0) is 19.3. The second-order valence-electron chi connectivity index (χ2n) is 6.42. The van der Waals surface area contributed by atoms with Gasteiger partial charge in [0.15, 0.2) is 11.5 Å². The summed E-state index contributed by atoms with van der Waals surface area (Å²) in [6.45, 7) is 1.02. The average Bonchev–Trinajstić information content (AvgIpc) is 3.10. The van der Waals surface area contributed by atoms with E-state index >= 15 is 0 Å². The SMILES string of the molecule is COc1cccc(CNc2ccc3[nH]c(=O)[nH]c3c2)c1OCc1ccccc1.[Cl-]. The number of benzene rings is 3. The number of methoxy groups -OCH3 is 1. The van der Waals surface area contributed by atoms with E-state index in [0.29, 0.717) is 18.9 Å². The van der Waals surface area contributed by atoms with E-state index in [1.54, 1.807) is 7.11 Å². The molecule has 0 aliphatic carbocycles. The Morgan fingerprint density at radius 3 is 2.52 bits per heavy atom. The van der Waals surface area contributed by atoms with Crippen LogP contribution in [0, 0.1) is 0 Å². The fourth-order valence-corrected chi connectivity index (χ4v) is 3.09. The van der Waals surface area contributed by atoms with Crippen molar-refractivity contribution in [1.82, 2.24) is 9.97 Å². The number of H-pyrrole nitrogens is 2. The molecule has 3 aromatic carbocycles. The van der Waals surface area contributed by atoms with Crippen LogP contribution >= 0.6 is 0 Å². The Morgan fingerprint density at radius 2 is 1.72 bits per heavy atom. The van der Waals surface area contributed by atoms with Crippen LogP contribution in [0.2, 0.25) is 0 Å². The maximum Gasteiger partial charge on any atom is 0.323 e. The number of para-hydroxylation sites is 1. The summed E-state index contributed by atoms with van der Waals surface area (Å²) in [4.78, 5) is 16.9. The highest BCUT2D eigenvalue weighted by molar-refractivity contribution is 5.78. The molecule has 0 amide bonds. The third-order valence-corrected chi connectivity index (χ3v) is 4.51. The molecule has 0 bridgehead atoms. The Kier molecular flexibility index (Phi) is 6.46. The number of hydrogen-bond acceptors (Lipinski definition) is 4. The number of imidazole rings is 1. The Balaban J connectivity index is 0.00000240. The van der Waals surface area contributed by atoms with Gasteiger partial charge in [-0.2, -0.15) is 0 Å². The molecule has 0 saturated carbocycles. The number of nitrogens with one attached hydrogen (secondary N) is 3. The lowest BCUT2D eigenvalue weighted by Crippen LogP contribution is -3.00. The normalized spacial score (nSPS) is 10.4. The van der Waals surface area contributed by atoms with Gasteiger partial charge in [-0.05, 0) is 29.8 Å². The van der Waals surface area contributed by atoms with Crippen LogP contribution in [-0.2, 0) is 13.2 Å². The maximum atomic E-state index is 11.4. The lowest BCUT2D eigenvalue weighted by atomic mass is 10.1. The van der Waals surface area contributed by atoms with Gasteiger partial charge in [-0.3, -0.25) is 0 Å². The third kappa shape index (κ3) is 4.73. The van der Waals surface area contributed by atoms with Crippen molar-refractivity contribution >= 4 is 16.7 Å². The van der Waals surface area contributed by atoms with Gasteiger partial charge in [0.2, 0.25) is 0 Å². The number of aromatic amines is 2. The van der Waals surface area contributed by atoms with E-state index in [4.69, 9.17) is 9.47 Å². The molecule has 1 aromatic heterocycles. The van der Waals surface area contributed by atoms with E-state index in [0.717, 1.165) is 33.6 Å². The summed E-state index contributed by atoms with van der Waals surface area (Å²) >= 11 is 0. The summed E-state index contributed by atoms with van der Waals surface area (Å²) in [6, 6.07) is 21.6. The molecule has 4 rings (SSSR count). The number of ether oxygens (including phenoxy) is 2. The van der Waals surface area contributed by atoms with Crippen molar-refractivity contribution in [3.8, 4) is 11.5 Å². The molecule has 0 aliphatic heterocycles. The molecule has 0 fully saturated rings. The molecule has 0 radical (unpaired) electrons. The predicted molar refractivity (Wildman–Crippen MR) is 110 cm³/mol. The molecule has 7 heteroatoms. The second-order valence-corrected chi connectivity index (χ2v) is 6.42. The van der Waals surface area contributed by atoms with Crippen LogP contribution in [0.25, 0.3) is 11.0 Å². The second kappa shape index (κ2) is 9.21. The van der Waals surface area contributed by atoms with Gasteiger partial charge in [0.25, 0.3) is 0 Å². The number of halogens is 1. The van der Waals surface area contributed by atoms with Gasteiger partial charge in [-0.25, -0.2) is 4.79 Å². The first-order valence-electron chi connectivity index (χ1n) is 9.01. The molecule has 0 unspecified atom stereocenters. The van der Waals surface area contributed by atoms with E-state index in [9.17, 15) is 4.79 Å². The van der Waals surface area contributed by atoms with Gasteiger partial charge in [0.05, 0.1) is 18.1 Å². The van der Waals surface area contributed by atoms with Crippen LogP contribution in [0.4, 0.5) is 5.69 Å². The topological polar surface area (TPSA) is 79.1 Å². The molecule has 0 spiro atoms. The minimum atomic E-state index is -0.212. The van der Waals surface area contributed by atoms with Crippen molar-refractivity contribution in [3.05, 3.63) is 88.3 Å². The van der Waals surface area contributed by atoms with Crippen LogP contribution in [0.15, 0.2) is 71.5 Å². The van der Waals surface area contributed by atoms with E-state index in [1.165, 1.54) is 0 Å². The summed E-state index contributed by atoms with van der Waals surface area (Å²) in [7, 11) is 1.64. The molecule has 0 saturated heterocycles. The molecule has 0 aliphatic rings. The monoisotopic (exact) mass is 410 g/mol. The Morgan fingerprint density at radius 1 is 0.931 bits per heavy atom. The zero-order valence-corrected chi connectivity index (χ0v) is 16.6. The van der Waals surface area contributed by atoms with Crippen molar-refractivity contribution in [2.75, 3.05) is 12.4 Å². The van der Waals surface area contributed by atoms with Crippen molar-refractivity contribution in [2.24, 2.45) is 0 Å². The Hall–Kier alpha value is -3.38. The molecule has 29 heavy (non-hydrogen) atoms. The molecule has 4 aromatic rings. The Labute approximate surface area is 174 Å². The molecule has 150 valence electrons. The minimum Gasteiger partial charge on any atom is -1.00 e. The third-order valence-electron chi connectivity index (χ3n) is 4.51. The van der Waals surface area contributed by atoms with Crippen molar-refractivity contribution in [3.63, 3.8) is 0 Å². The number of hydrogen-bond donors (Lipinski definition) is 3. The van der Waals surface area contributed by atoms with E-state index < -0.39 is 0 Å². The minimum absolute atomic E-state index is 0. The summed E-state index contributed by atoms with van der Waals surface area (Å²) in [5.74, 6) is 1.41. The fourth-order valence-electron chi connectivity index (χ4n) is 3.09. The first-order valence-corrected chi connectivity index (χ1v) is 9.01. The molecule has 1 heterocycles. The summed E-state index contributed by atoms with van der Waals surface area (Å²) < 4.78 is 11.6. The van der Waals surface area contributed by atoms with Gasteiger partial charge >= 0.3 is 5.69 Å². The van der Waals surface area contributed by atoms with Gasteiger partial charge in [-0.1, -0.05) is 42.5 Å². The number of aromatic nitrogens is 2. The van der Waals surface area contributed by atoms with E-state index in [-0.39, 0.29) is 18.1 Å². The highest BCUT2D eigenvalue weighted by Gasteiger charge is 2.11. The molecular formula is C22H21ClN3O3-. The number of rotatable bonds is 7. The zero-order valence-electron chi connectivity index (χ0n) is 15.9. The Bertz CT molecular complexity index is 1140. The smallest absolute Gasteiger partial charge is 0.323 e. The van der Waals surface area contributed by atoms with Gasteiger partial charge in [0, 0.05) is 17.8 Å². The summed E-state index contributed by atoms with van der Waals surface area (Å²) in [5.41, 5.74) is 4.31. The first kappa shape index (κ1) is 20.4. The van der Waals surface area contributed by atoms with Crippen molar-refractivity contribution < 1.29 is 21.9 Å². The predicted octanol–water partition coefficient (Wildman–Crippen LogP) is 1.06. The maximum absolute atomic E-state index is 11.4. The summed E-state index contributed by atoms with van der Waals surface area (Å²) in [5, 5.41) is 3.38. The highest BCUT2D eigenvalue weighted by atomic mass is 35.5. The van der Waals surface area contributed by atoms with Crippen LogP contribution in [-0.4, -0.2) is 17.1 Å². The molecule has 3 N–H and O–H groups in total. The van der Waals surface area contributed by atoms with Crippen LogP contribution in [0.5, 0.6) is 11.5 Å². The highest BCUT2D eigenvalue weighted by Crippen LogP contribution is 2.32. The molecule has 0 atom stereocenters. The van der Waals surface area contributed by atoms with Crippen LogP contribution in [0.3, 0.4) is 0 Å². The van der Waals surface area contributed by atoms with Crippen molar-refractivity contribution in [1.29, 1.82) is 0 Å². The number of fused-ring (bicyclic) bond motifs is 1. The summed E-state index contributed by atoms with van der Waals surface area (Å²) in [6.07, 6.45) is 0. The van der Waals surface area contributed by atoms with Crippen LogP contribution < -0.4 is 32.9 Å². The average molecular weight is 411 g/mol. The number of anilines is 1. The fraction of sp³-hybridized carbons (Fsp3) is 0.136. The van der Waals surface area contributed by atoms with E-state index in [2.05, 4.69) is 15.3 Å².